The minimum atomic E-state index is -0.344. The quantitative estimate of drug-likeness (QED) is 0.717. The molecule has 4 nitrogen and oxygen atoms in total. The number of aromatic nitrogens is 2. The standard InChI is InChI=1S/C13H12BrFIN3O/c1-17-13-11(16)10(6-20-2)18-12(19-13)7-3-4-8(14)9(15)5-7/h3-5H,6H2,1-2H3,(H,17,18,19). The van der Waals surface area contributed by atoms with Crippen molar-refractivity contribution < 1.29 is 9.13 Å². The Labute approximate surface area is 138 Å². The Morgan fingerprint density at radius 3 is 2.75 bits per heavy atom. The Bertz CT molecular complexity index is 639. The number of benzene rings is 1. The van der Waals surface area contributed by atoms with Gasteiger partial charge in [-0.25, -0.2) is 14.4 Å². The summed E-state index contributed by atoms with van der Waals surface area (Å²) < 4.78 is 20.1. The van der Waals surface area contributed by atoms with E-state index < -0.39 is 0 Å². The lowest BCUT2D eigenvalue weighted by molar-refractivity contribution is 0.181. The highest BCUT2D eigenvalue weighted by atomic mass is 127. The highest BCUT2D eigenvalue weighted by Gasteiger charge is 2.13. The average Bonchev–Trinajstić information content (AvgIpc) is 2.44. The van der Waals surface area contributed by atoms with Gasteiger partial charge < -0.3 is 10.1 Å². The van der Waals surface area contributed by atoms with Crippen molar-refractivity contribution in [2.75, 3.05) is 19.5 Å². The lowest BCUT2D eigenvalue weighted by Gasteiger charge is -2.11. The minimum absolute atomic E-state index is 0.344. The molecule has 1 aromatic carbocycles. The molecule has 0 aliphatic heterocycles. The Kier molecular flexibility index (Phi) is 5.28. The zero-order chi connectivity index (χ0) is 14.7. The van der Waals surface area contributed by atoms with Crippen LogP contribution in [0.3, 0.4) is 0 Å². The van der Waals surface area contributed by atoms with E-state index in [9.17, 15) is 4.39 Å². The number of ether oxygens (including phenoxy) is 1. The van der Waals surface area contributed by atoms with E-state index in [1.165, 1.54) is 6.07 Å². The van der Waals surface area contributed by atoms with Crippen molar-refractivity contribution >= 4 is 44.3 Å². The third kappa shape index (κ3) is 3.26. The molecule has 1 heterocycles. The van der Waals surface area contributed by atoms with Crippen molar-refractivity contribution in [1.29, 1.82) is 0 Å². The molecule has 0 radical (unpaired) electrons. The highest BCUT2D eigenvalue weighted by molar-refractivity contribution is 14.1. The van der Waals surface area contributed by atoms with E-state index in [1.807, 2.05) is 0 Å². The molecule has 0 amide bonds. The third-order valence-corrected chi connectivity index (χ3v) is 4.39. The summed E-state index contributed by atoms with van der Waals surface area (Å²) in [5.74, 6) is 0.822. The molecule has 0 aliphatic rings. The molecule has 2 rings (SSSR count). The summed E-state index contributed by atoms with van der Waals surface area (Å²) in [4.78, 5) is 8.85. The van der Waals surface area contributed by atoms with Crippen molar-refractivity contribution in [3.63, 3.8) is 0 Å². The van der Waals surface area contributed by atoms with Gasteiger partial charge in [-0.2, -0.15) is 0 Å². The van der Waals surface area contributed by atoms with Crippen LogP contribution in [0.4, 0.5) is 10.2 Å². The molecule has 0 unspecified atom stereocenters. The molecule has 0 aliphatic carbocycles. The highest BCUT2D eigenvalue weighted by Crippen LogP contribution is 2.26. The van der Waals surface area contributed by atoms with Crippen molar-refractivity contribution in [3.05, 3.63) is 37.8 Å². The fraction of sp³-hybridized carbons (Fsp3) is 0.231. The van der Waals surface area contributed by atoms with Gasteiger partial charge in [0.15, 0.2) is 5.82 Å². The predicted molar refractivity (Wildman–Crippen MR) is 88.1 cm³/mol. The number of hydrogen-bond donors (Lipinski definition) is 1. The summed E-state index contributed by atoms with van der Waals surface area (Å²) in [6.07, 6.45) is 0. The predicted octanol–water partition coefficient (Wildman–Crippen LogP) is 3.84. The van der Waals surface area contributed by atoms with Gasteiger partial charge in [0.2, 0.25) is 0 Å². The van der Waals surface area contributed by atoms with E-state index in [1.54, 1.807) is 26.3 Å². The Morgan fingerprint density at radius 1 is 1.40 bits per heavy atom. The largest absolute Gasteiger partial charge is 0.378 e. The van der Waals surface area contributed by atoms with E-state index in [4.69, 9.17) is 4.74 Å². The summed E-state index contributed by atoms with van der Waals surface area (Å²) in [7, 11) is 3.39. The third-order valence-electron chi connectivity index (χ3n) is 2.62. The van der Waals surface area contributed by atoms with E-state index in [2.05, 4.69) is 53.8 Å². The van der Waals surface area contributed by atoms with Gasteiger partial charge in [0.25, 0.3) is 0 Å². The van der Waals surface area contributed by atoms with E-state index >= 15 is 0 Å². The molecule has 0 atom stereocenters. The van der Waals surface area contributed by atoms with E-state index in [0.717, 1.165) is 9.26 Å². The Morgan fingerprint density at radius 2 is 2.15 bits per heavy atom. The van der Waals surface area contributed by atoms with Crippen molar-refractivity contribution in [1.82, 2.24) is 9.97 Å². The van der Waals surface area contributed by atoms with Crippen LogP contribution >= 0.6 is 38.5 Å². The fourth-order valence-corrected chi connectivity index (χ4v) is 2.57. The second-order valence-electron chi connectivity index (χ2n) is 3.97. The molecule has 106 valence electrons. The van der Waals surface area contributed by atoms with Crippen molar-refractivity contribution in [3.8, 4) is 11.4 Å². The van der Waals surface area contributed by atoms with Crippen LogP contribution in [0.2, 0.25) is 0 Å². The normalized spacial score (nSPS) is 10.7. The van der Waals surface area contributed by atoms with Crippen LogP contribution in [0, 0.1) is 9.39 Å². The zero-order valence-electron chi connectivity index (χ0n) is 10.9. The molecule has 7 heteroatoms. The molecular weight excluding hydrogens is 440 g/mol. The van der Waals surface area contributed by atoms with Crippen LogP contribution in [0.15, 0.2) is 22.7 Å². The maximum absolute atomic E-state index is 13.6. The number of nitrogens with zero attached hydrogens (tertiary/aromatic N) is 2. The van der Waals surface area contributed by atoms with Crippen molar-refractivity contribution in [2.45, 2.75) is 6.61 Å². The van der Waals surface area contributed by atoms with Crippen LogP contribution in [0.1, 0.15) is 5.69 Å². The van der Waals surface area contributed by atoms with Crippen LogP contribution in [-0.4, -0.2) is 24.1 Å². The van der Waals surface area contributed by atoms with Gasteiger partial charge in [-0.05, 0) is 56.7 Å². The van der Waals surface area contributed by atoms with Crippen LogP contribution in [0.5, 0.6) is 0 Å². The summed E-state index contributed by atoms with van der Waals surface area (Å²) in [5, 5.41) is 3.01. The second kappa shape index (κ2) is 6.77. The number of hydrogen-bond acceptors (Lipinski definition) is 4. The number of halogens is 3. The smallest absolute Gasteiger partial charge is 0.162 e. The molecule has 0 bridgehead atoms. The van der Waals surface area contributed by atoms with Crippen LogP contribution in [-0.2, 0) is 11.3 Å². The van der Waals surface area contributed by atoms with Gasteiger partial charge in [0.05, 0.1) is 20.3 Å². The van der Waals surface area contributed by atoms with Gasteiger partial charge in [0.1, 0.15) is 11.6 Å². The maximum atomic E-state index is 13.6. The van der Waals surface area contributed by atoms with E-state index in [-0.39, 0.29) is 5.82 Å². The van der Waals surface area contributed by atoms with Crippen molar-refractivity contribution in [2.24, 2.45) is 0 Å². The maximum Gasteiger partial charge on any atom is 0.162 e. The molecule has 0 saturated carbocycles. The molecule has 0 fully saturated rings. The first-order valence-electron chi connectivity index (χ1n) is 5.75. The number of nitrogens with one attached hydrogen (secondary N) is 1. The lowest BCUT2D eigenvalue weighted by Crippen LogP contribution is -2.06. The molecular formula is C13H12BrFIN3O. The van der Waals surface area contributed by atoms with Crippen LogP contribution in [0.25, 0.3) is 11.4 Å². The molecule has 20 heavy (non-hydrogen) atoms. The summed E-state index contributed by atoms with van der Waals surface area (Å²) in [6, 6.07) is 4.81. The SMILES string of the molecule is CNc1nc(-c2ccc(Br)c(F)c2)nc(COC)c1I. The van der Waals surface area contributed by atoms with Gasteiger partial charge in [-0.15, -0.1) is 0 Å². The Hall–Kier alpha value is -0.800. The van der Waals surface area contributed by atoms with E-state index in [0.29, 0.717) is 28.3 Å². The van der Waals surface area contributed by atoms with Gasteiger partial charge >= 0.3 is 0 Å². The average molecular weight is 452 g/mol. The number of rotatable bonds is 4. The molecule has 1 aromatic heterocycles. The first-order chi connectivity index (χ1) is 9.56. The van der Waals surface area contributed by atoms with Crippen LogP contribution < -0.4 is 5.32 Å². The zero-order valence-corrected chi connectivity index (χ0v) is 14.6. The monoisotopic (exact) mass is 451 g/mol. The molecule has 0 saturated heterocycles. The lowest BCUT2D eigenvalue weighted by atomic mass is 10.2. The Balaban J connectivity index is 2.55. The summed E-state index contributed by atoms with van der Waals surface area (Å²) >= 11 is 5.29. The van der Waals surface area contributed by atoms with Gasteiger partial charge in [-0.1, -0.05) is 0 Å². The molecule has 2 aromatic rings. The van der Waals surface area contributed by atoms with Gasteiger partial charge in [-0.3, -0.25) is 0 Å². The first-order valence-corrected chi connectivity index (χ1v) is 7.62. The summed E-state index contributed by atoms with van der Waals surface area (Å²) in [5.41, 5.74) is 1.39. The molecule has 0 spiro atoms. The number of anilines is 1. The minimum Gasteiger partial charge on any atom is -0.378 e. The summed E-state index contributed by atoms with van der Waals surface area (Å²) in [6.45, 7) is 0.376. The topological polar surface area (TPSA) is 47.0 Å². The first kappa shape index (κ1) is 15.6. The fourth-order valence-electron chi connectivity index (χ4n) is 1.66. The van der Waals surface area contributed by atoms with Gasteiger partial charge in [0, 0.05) is 19.7 Å². The second-order valence-corrected chi connectivity index (χ2v) is 5.90. The number of methoxy groups -OCH3 is 1. The molecule has 1 N–H and O–H groups in total.